The van der Waals surface area contributed by atoms with Crippen LogP contribution in [-0.2, 0) is 17.5 Å². The van der Waals surface area contributed by atoms with Crippen LogP contribution in [0.3, 0.4) is 0 Å². The van der Waals surface area contributed by atoms with Crippen LogP contribution >= 0.6 is 23.4 Å². The van der Waals surface area contributed by atoms with Gasteiger partial charge in [-0.15, -0.1) is 10.2 Å². The highest BCUT2D eigenvalue weighted by Gasteiger charge is 2.31. The first-order valence-corrected chi connectivity index (χ1v) is 13.4. The van der Waals surface area contributed by atoms with Crippen LogP contribution in [0.15, 0.2) is 65.8 Å². The van der Waals surface area contributed by atoms with Crippen LogP contribution in [0.25, 0.3) is 5.69 Å². The fourth-order valence-electron chi connectivity index (χ4n) is 3.73. The number of hydrogen-bond donors (Lipinski definition) is 2. The maximum atomic E-state index is 13.6. The van der Waals surface area contributed by atoms with Crippen molar-refractivity contribution in [3.63, 3.8) is 0 Å². The molecule has 3 aromatic carbocycles. The molecular weight excluding hydrogens is 602 g/mol. The molecule has 0 saturated heterocycles. The Kier molecular flexibility index (Phi) is 9.58. The van der Waals surface area contributed by atoms with Gasteiger partial charge in [-0.3, -0.25) is 14.2 Å². The highest BCUT2D eigenvalue weighted by atomic mass is 35.5. The minimum Gasteiger partial charge on any atom is -0.497 e. The Bertz CT molecular complexity index is 1620. The monoisotopic (exact) mass is 623 g/mol. The zero-order valence-corrected chi connectivity index (χ0v) is 23.5. The molecule has 0 unspecified atom stereocenters. The number of benzene rings is 3. The van der Waals surface area contributed by atoms with Gasteiger partial charge in [-0.2, -0.15) is 13.2 Å². The second kappa shape index (κ2) is 13.1. The van der Waals surface area contributed by atoms with E-state index in [0.717, 1.165) is 36.0 Å². The fourth-order valence-corrected chi connectivity index (χ4v) is 4.66. The summed E-state index contributed by atoms with van der Waals surface area (Å²) >= 11 is 6.92. The molecule has 2 N–H and O–H groups in total. The van der Waals surface area contributed by atoms with E-state index in [9.17, 15) is 27.2 Å². The van der Waals surface area contributed by atoms with Crippen molar-refractivity contribution in [2.75, 3.05) is 25.3 Å². The highest BCUT2D eigenvalue weighted by molar-refractivity contribution is 7.99. The Labute approximate surface area is 246 Å². The summed E-state index contributed by atoms with van der Waals surface area (Å²) in [5.41, 5.74) is -0.654. The molecule has 15 heteroatoms. The number of nitrogens with one attached hydrogen (secondary N) is 2. The lowest BCUT2D eigenvalue weighted by Gasteiger charge is -2.15. The molecule has 2 amide bonds. The van der Waals surface area contributed by atoms with E-state index in [2.05, 4.69) is 20.8 Å². The van der Waals surface area contributed by atoms with E-state index in [1.54, 1.807) is 18.2 Å². The lowest BCUT2D eigenvalue weighted by molar-refractivity contribution is -0.137. The van der Waals surface area contributed by atoms with Gasteiger partial charge in [0, 0.05) is 11.6 Å². The molecule has 0 aliphatic heterocycles. The molecule has 0 atom stereocenters. The number of methoxy groups -OCH3 is 2. The molecule has 220 valence electrons. The van der Waals surface area contributed by atoms with Crippen LogP contribution in [0.2, 0.25) is 5.02 Å². The minimum atomic E-state index is -4.62. The van der Waals surface area contributed by atoms with Gasteiger partial charge in [0.05, 0.1) is 48.5 Å². The Morgan fingerprint density at radius 2 is 1.81 bits per heavy atom. The largest absolute Gasteiger partial charge is 0.497 e. The number of carbonyl (C=O) groups excluding carboxylic acids is 2. The molecule has 0 aliphatic carbocycles. The topological polar surface area (TPSA) is 107 Å². The number of ether oxygens (including phenoxy) is 2. The average molecular weight is 624 g/mol. The van der Waals surface area contributed by atoms with Gasteiger partial charge in [0.1, 0.15) is 17.3 Å². The number of amides is 2. The molecule has 4 aromatic rings. The zero-order valence-electron chi connectivity index (χ0n) is 22.0. The standard InChI is InChI=1S/C27H22ClF4N5O4S/c1-40-18-7-9-22(41-2)21(12-18)37-23(13-33-25(39)15-4-3-5-17(29)10-15)35-36-26(37)42-14-24(38)34-20-11-16(27(30,31)32)6-8-19(20)28/h3-12H,13-14H2,1-2H3,(H,33,39)(H,34,38). The van der Waals surface area contributed by atoms with Crippen molar-refractivity contribution < 1.29 is 36.6 Å². The molecule has 4 rings (SSSR count). The maximum absolute atomic E-state index is 13.6. The van der Waals surface area contributed by atoms with Crippen LogP contribution in [0.5, 0.6) is 11.5 Å². The second-order valence-electron chi connectivity index (χ2n) is 8.49. The number of carbonyl (C=O) groups is 2. The van der Waals surface area contributed by atoms with Crippen molar-refractivity contribution in [2.45, 2.75) is 17.9 Å². The number of rotatable bonds is 10. The number of anilines is 1. The van der Waals surface area contributed by atoms with Crippen LogP contribution < -0.4 is 20.1 Å². The molecular formula is C27H22ClF4N5O4S. The van der Waals surface area contributed by atoms with Gasteiger partial charge in [0.25, 0.3) is 5.91 Å². The first-order chi connectivity index (χ1) is 20.0. The van der Waals surface area contributed by atoms with Crippen molar-refractivity contribution in [2.24, 2.45) is 0 Å². The molecule has 0 spiro atoms. The van der Waals surface area contributed by atoms with E-state index in [1.165, 1.54) is 37.0 Å². The molecule has 0 saturated carbocycles. The maximum Gasteiger partial charge on any atom is 0.416 e. The van der Waals surface area contributed by atoms with Gasteiger partial charge in [-0.1, -0.05) is 29.4 Å². The summed E-state index contributed by atoms with van der Waals surface area (Å²) in [6.07, 6.45) is -4.62. The van der Waals surface area contributed by atoms with Crippen LogP contribution in [0.4, 0.5) is 23.2 Å². The first kappa shape index (κ1) is 30.7. The fraction of sp³-hybridized carbons (Fsp3) is 0.185. The number of aromatic nitrogens is 3. The number of alkyl halides is 3. The van der Waals surface area contributed by atoms with Gasteiger partial charge in [-0.25, -0.2) is 4.39 Å². The summed E-state index contributed by atoms with van der Waals surface area (Å²) in [7, 11) is 2.91. The average Bonchev–Trinajstić information content (AvgIpc) is 3.37. The summed E-state index contributed by atoms with van der Waals surface area (Å²) in [6, 6.07) is 12.7. The molecule has 1 aromatic heterocycles. The molecule has 42 heavy (non-hydrogen) atoms. The van der Waals surface area contributed by atoms with Gasteiger partial charge >= 0.3 is 6.18 Å². The lowest BCUT2D eigenvalue weighted by Crippen LogP contribution is -2.25. The van der Waals surface area contributed by atoms with Crippen molar-refractivity contribution in [1.29, 1.82) is 0 Å². The third-order valence-corrected chi connectivity index (χ3v) is 6.98. The van der Waals surface area contributed by atoms with Crippen molar-refractivity contribution in [3.8, 4) is 17.2 Å². The predicted molar refractivity (Wildman–Crippen MR) is 148 cm³/mol. The summed E-state index contributed by atoms with van der Waals surface area (Å²) in [4.78, 5) is 25.3. The molecule has 0 bridgehead atoms. The first-order valence-electron chi connectivity index (χ1n) is 12.0. The van der Waals surface area contributed by atoms with E-state index >= 15 is 0 Å². The summed E-state index contributed by atoms with van der Waals surface area (Å²) < 4.78 is 65.3. The highest BCUT2D eigenvalue weighted by Crippen LogP contribution is 2.35. The quantitative estimate of drug-likeness (QED) is 0.171. The van der Waals surface area contributed by atoms with Gasteiger partial charge in [0.15, 0.2) is 11.0 Å². The summed E-state index contributed by atoms with van der Waals surface area (Å²) in [5.74, 6) is -1.00. The molecule has 9 nitrogen and oxygen atoms in total. The molecule has 1 heterocycles. The van der Waals surface area contributed by atoms with Gasteiger partial charge < -0.3 is 20.1 Å². The van der Waals surface area contributed by atoms with Gasteiger partial charge in [-0.05, 0) is 48.5 Å². The number of halogens is 5. The van der Waals surface area contributed by atoms with Crippen molar-refractivity contribution >= 4 is 40.9 Å². The Hall–Kier alpha value is -4.30. The number of thioether (sulfide) groups is 1. The normalized spacial score (nSPS) is 11.2. The van der Waals surface area contributed by atoms with Crippen molar-refractivity contribution in [3.05, 3.63) is 88.5 Å². The SMILES string of the molecule is COc1ccc(OC)c(-n2c(CNC(=O)c3cccc(F)c3)nnc2SCC(=O)Nc2cc(C(F)(F)F)ccc2Cl)c1. The van der Waals surface area contributed by atoms with Crippen LogP contribution in [-0.4, -0.2) is 46.6 Å². The van der Waals surface area contributed by atoms with E-state index in [1.807, 2.05) is 0 Å². The second-order valence-corrected chi connectivity index (χ2v) is 9.84. The molecule has 0 fully saturated rings. The van der Waals surface area contributed by atoms with Gasteiger partial charge in [0.2, 0.25) is 5.91 Å². The third kappa shape index (κ3) is 7.31. The van der Waals surface area contributed by atoms with E-state index in [0.29, 0.717) is 17.2 Å². The van der Waals surface area contributed by atoms with Crippen LogP contribution in [0.1, 0.15) is 21.7 Å². The van der Waals surface area contributed by atoms with E-state index in [-0.39, 0.29) is 39.6 Å². The molecule has 0 radical (unpaired) electrons. The van der Waals surface area contributed by atoms with E-state index < -0.39 is 29.4 Å². The Morgan fingerprint density at radius 1 is 1.02 bits per heavy atom. The Morgan fingerprint density at radius 3 is 2.50 bits per heavy atom. The third-order valence-electron chi connectivity index (χ3n) is 5.72. The zero-order chi connectivity index (χ0) is 30.4. The van der Waals surface area contributed by atoms with E-state index in [4.69, 9.17) is 21.1 Å². The Balaban J connectivity index is 1.59. The number of nitrogens with zero attached hydrogens (tertiary/aromatic N) is 3. The number of hydrogen-bond acceptors (Lipinski definition) is 7. The predicted octanol–water partition coefficient (Wildman–Crippen LogP) is 5.76. The van der Waals surface area contributed by atoms with Crippen LogP contribution in [0, 0.1) is 5.82 Å². The smallest absolute Gasteiger partial charge is 0.416 e. The minimum absolute atomic E-state index is 0.0676. The summed E-state index contributed by atoms with van der Waals surface area (Å²) in [5, 5.41) is 13.5. The van der Waals surface area contributed by atoms with Crippen molar-refractivity contribution in [1.82, 2.24) is 20.1 Å². The molecule has 0 aliphatic rings. The lowest BCUT2D eigenvalue weighted by atomic mass is 10.2. The summed E-state index contributed by atoms with van der Waals surface area (Å²) in [6.45, 7) is -0.144.